The predicted molar refractivity (Wildman–Crippen MR) is 126 cm³/mol. The van der Waals surface area contributed by atoms with E-state index in [1.54, 1.807) is 62.4 Å². The first kappa shape index (κ1) is 23.5. The van der Waals surface area contributed by atoms with Crippen LogP contribution in [0.5, 0.6) is 0 Å². The number of para-hydroxylation sites is 1. The molecule has 2 atom stereocenters. The summed E-state index contributed by atoms with van der Waals surface area (Å²) in [5, 5.41) is 2.76. The molecule has 0 saturated carbocycles. The second-order valence-electron chi connectivity index (χ2n) is 7.79. The van der Waals surface area contributed by atoms with Gasteiger partial charge in [-0.1, -0.05) is 72.2 Å². The van der Waals surface area contributed by atoms with Crippen molar-refractivity contribution in [2.75, 3.05) is 5.32 Å². The quantitative estimate of drug-likeness (QED) is 0.306. The Morgan fingerprint density at radius 1 is 0.844 bits per heavy atom. The first-order valence-electron chi connectivity index (χ1n) is 10.2. The number of benzene rings is 3. The Kier molecular flexibility index (Phi) is 7.70. The van der Waals surface area contributed by atoms with Crippen molar-refractivity contribution in [1.29, 1.82) is 0 Å². The van der Waals surface area contributed by atoms with Crippen LogP contribution in [-0.4, -0.2) is 17.5 Å². The zero-order valence-corrected chi connectivity index (χ0v) is 19.3. The van der Waals surface area contributed by atoms with Crippen molar-refractivity contribution in [2.45, 2.75) is 19.8 Å². The molecular formula is C26H23BrFNO3. The summed E-state index contributed by atoms with van der Waals surface area (Å²) in [5.74, 6) is -4.65. The van der Waals surface area contributed by atoms with E-state index in [0.29, 0.717) is 16.8 Å². The van der Waals surface area contributed by atoms with Crippen molar-refractivity contribution in [3.8, 4) is 0 Å². The van der Waals surface area contributed by atoms with Crippen molar-refractivity contribution in [3.63, 3.8) is 0 Å². The highest BCUT2D eigenvalue weighted by atomic mass is 79.9. The first-order chi connectivity index (χ1) is 15.3. The topological polar surface area (TPSA) is 63.2 Å². The van der Waals surface area contributed by atoms with Crippen LogP contribution in [0, 0.1) is 17.7 Å². The lowest BCUT2D eigenvalue weighted by Gasteiger charge is -2.26. The molecular weight excluding hydrogens is 473 g/mol. The summed E-state index contributed by atoms with van der Waals surface area (Å²) in [7, 11) is 0. The normalized spacial score (nSPS) is 12.8. The smallest absolute Gasteiger partial charge is 0.236 e. The molecule has 0 aliphatic rings. The summed E-state index contributed by atoms with van der Waals surface area (Å²) in [4.78, 5) is 40.2. The van der Waals surface area contributed by atoms with Gasteiger partial charge in [0.25, 0.3) is 0 Å². The molecule has 164 valence electrons. The molecule has 0 aliphatic heterocycles. The van der Waals surface area contributed by atoms with Gasteiger partial charge in [0, 0.05) is 21.6 Å². The van der Waals surface area contributed by atoms with Gasteiger partial charge in [0.15, 0.2) is 5.78 Å². The van der Waals surface area contributed by atoms with Gasteiger partial charge in [-0.25, -0.2) is 4.39 Å². The van der Waals surface area contributed by atoms with Gasteiger partial charge >= 0.3 is 0 Å². The van der Waals surface area contributed by atoms with E-state index in [4.69, 9.17) is 0 Å². The summed E-state index contributed by atoms with van der Waals surface area (Å²) in [6.07, 6.45) is 0. The lowest BCUT2D eigenvalue weighted by atomic mass is 9.75. The third kappa shape index (κ3) is 5.56. The van der Waals surface area contributed by atoms with Gasteiger partial charge < -0.3 is 5.32 Å². The summed E-state index contributed by atoms with van der Waals surface area (Å²) in [6.45, 7) is 3.38. The number of ketones is 2. The molecule has 0 spiro atoms. The Morgan fingerprint density at radius 3 is 2.00 bits per heavy atom. The standard InChI is InChI=1S/C26H23BrFNO3/c1-16(2)24(30)23(26(32)29-21-6-4-3-5-7-21)22(17-10-14-20(28)15-11-17)25(31)18-8-12-19(27)13-9-18/h3-16,22-23H,1-2H3,(H,29,32). The largest absolute Gasteiger partial charge is 0.325 e. The van der Waals surface area contributed by atoms with Crippen molar-refractivity contribution < 1.29 is 18.8 Å². The van der Waals surface area contributed by atoms with E-state index >= 15 is 0 Å². The second kappa shape index (κ2) is 10.5. The highest BCUT2D eigenvalue weighted by Gasteiger charge is 2.41. The molecule has 1 amide bonds. The van der Waals surface area contributed by atoms with Crippen molar-refractivity contribution in [1.82, 2.24) is 0 Å². The molecule has 3 aromatic rings. The molecule has 6 heteroatoms. The molecule has 32 heavy (non-hydrogen) atoms. The number of rotatable bonds is 8. The van der Waals surface area contributed by atoms with E-state index in [9.17, 15) is 18.8 Å². The number of hydrogen-bond donors (Lipinski definition) is 1. The Balaban J connectivity index is 2.10. The maximum atomic E-state index is 13.6. The molecule has 1 N–H and O–H groups in total. The molecule has 0 bridgehead atoms. The highest BCUT2D eigenvalue weighted by Crippen LogP contribution is 2.33. The average molecular weight is 496 g/mol. The van der Waals surface area contributed by atoms with Crippen LogP contribution in [0.25, 0.3) is 0 Å². The Hall–Kier alpha value is -3.12. The van der Waals surface area contributed by atoms with Gasteiger partial charge in [0.1, 0.15) is 17.5 Å². The van der Waals surface area contributed by atoms with Gasteiger partial charge in [0.05, 0.1) is 5.92 Å². The Labute approximate surface area is 195 Å². The number of halogens is 2. The molecule has 4 nitrogen and oxygen atoms in total. The van der Waals surface area contributed by atoms with Crippen LogP contribution in [0.15, 0.2) is 83.3 Å². The fourth-order valence-corrected chi connectivity index (χ4v) is 3.77. The van der Waals surface area contributed by atoms with E-state index in [0.717, 1.165) is 4.47 Å². The van der Waals surface area contributed by atoms with Crippen LogP contribution in [0.2, 0.25) is 0 Å². The molecule has 3 aromatic carbocycles. The van der Waals surface area contributed by atoms with Crippen LogP contribution in [-0.2, 0) is 9.59 Å². The van der Waals surface area contributed by atoms with Crippen molar-refractivity contribution in [2.24, 2.45) is 11.8 Å². The van der Waals surface area contributed by atoms with Gasteiger partial charge in [0.2, 0.25) is 5.91 Å². The number of carbonyl (C=O) groups is 3. The molecule has 0 fully saturated rings. The van der Waals surface area contributed by atoms with Gasteiger partial charge in [-0.3, -0.25) is 14.4 Å². The molecule has 0 aromatic heterocycles. The highest BCUT2D eigenvalue weighted by molar-refractivity contribution is 9.10. The van der Waals surface area contributed by atoms with Crippen LogP contribution >= 0.6 is 15.9 Å². The minimum Gasteiger partial charge on any atom is -0.325 e. The first-order valence-corrected chi connectivity index (χ1v) is 11.0. The minimum atomic E-state index is -1.28. The molecule has 0 aliphatic carbocycles. The molecule has 0 heterocycles. The third-order valence-electron chi connectivity index (χ3n) is 5.17. The van der Waals surface area contributed by atoms with Crippen LogP contribution < -0.4 is 5.32 Å². The fraction of sp³-hybridized carbons (Fsp3) is 0.192. The summed E-state index contributed by atoms with van der Waals surface area (Å²) in [6, 6.07) is 20.8. The zero-order valence-electron chi connectivity index (χ0n) is 17.7. The third-order valence-corrected chi connectivity index (χ3v) is 5.70. The monoisotopic (exact) mass is 495 g/mol. The number of amides is 1. The lowest BCUT2D eigenvalue weighted by Crippen LogP contribution is -2.40. The number of Topliss-reactive ketones (excluding diaryl/α,β-unsaturated/α-hetero) is 2. The van der Waals surface area contributed by atoms with Gasteiger partial charge in [-0.05, 0) is 42.0 Å². The molecule has 2 unspecified atom stereocenters. The number of carbonyl (C=O) groups excluding carboxylic acids is 3. The van der Waals surface area contributed by atoms with Gasteiger partial charge in [-0.2, -0.15) is 0 Å². The predicted octanol–water partition coefficient (Wildman–Crippen LogP) is 6.03. The van der Waals surface area contributed by atoms with Crippen molar-refractivity contribution in [3.05, 3.63) is 100 Å². The Bertz CT molecular complexity index is 1100. The van der Waals surface area contributed by atoms with Crippen molar-refractivity contribution >= 4 is 39.1 Å². The zero-order chi connectivity index (χ0) is 23.3. The van der Waals surface area contributed by atoms with Crippen LogP contribution in [0.4, 0.5) is 10.1 Å². The maximum absolute atomic E-state index is 13.6. The minimum absolute atomic E-state index is 0.358. The number of hydrogen-bond acceptors (Lipinski definition) is 3. The molecule has 3 rings (SSSR count). The number of anilines is 1. The SMILES string of the molecule is CC(C)C(=O)C(C(=O)Nc1ccccc1)C(C(=O)c1ccc(Br)cc1)c1ccc(F)cc1. The van der Waals surface area contributed by atoms with E-state index in [1.807, 2.05) is 6.07 Å². The lowest BCUT2D eigenvalue weighted by molar-refractivity contribution is -0.133. The van der Waals surface area contributed by atoms with E-state index in [-0.39, 0.29) is 11.6 Å². The summed E-state index contributed by atoms with van der Waals surface area (Å²) >= 11 is 3.34. The number of nitrogens with one attached hydrogen (secondary N) is 1. The Morgan fingerprint density at radius 2 is 1.44 bits per heavy atom. The molecule has 0 saturated heterocycles. The fourth-order valence-electron chi connectivity index (χ4n) is 3.50. The van der Waals surface area contributed by atoms with E-state index in [2.05, 4.69) is 21.2 Å². The van der Waals surface area contributed by atoms with Crippen LogP contribution in [0.1, 0.15) is 35.7 Å². The van der Waals surface area contributed by atoms with Gasteiger partial charge in [-0.15, -0.1) is 0 Å². The second-order valence-corrected chi connectivity index (χ2v) is 8.71. The summed E-state index contributed by atoms with van der Waals surface area (Å²) in [5.41, 5.74) is 1.28. The van der Waals surface area contributed by atoms with Crippen LogP contribution in [0.3, 0.4) is 0 Å². The molecule has 0 radical (unpaired) electrons. The average Bonchev–Trinajstić information content (AvgIpc) is 2.78. The maximum Gasteiger partial charge on any atom is 0.236 e. The van der Waals surface area contributed by atoms with E-state index in [1.165, 1.54) is 24.3 Å². The summed E-state index contributed by atoms with van der Waals surface area (Å²) < 4.78 is 14.4. The van der Waals surface area contributed by atoms with E-state index < -0.39 is 29.5 Å².